The van der Waals surface area contributed by atoms with Gasteiger partial charge in [0.2, 0.25) is 0 Å². The zero-order valence-corrected chi connectivity index (χ0v) is 10.8. The minimum absolute atomic E-state index is 0.0387. The zero-order valence-electron chi connectivity index (χ0n) is 10.8. The van der Waals surface area contributed by atoms with E-state index in [0.717, 1.165) is 11.3 Å². The Kier molecular flexibility index (Phi) is 3.33. The topological polar surface area (TPSA) is 35.1 Å². The Morgan fingerprint density at radius 2 is 1.85 bits per heavy atom. The van der Waals surface area contributed by atoms with Crippen LogP contribution in [0.1, 0.15) is 21.7 Å². The van der Waals surface area contributed by atoms with Gasteiger partial charge in [0.15, 0.2) is 0 Å². The SMILES string of the molecule is O=C(c1ccccc1)n1ccc(C=Cc2ccco2)c1. The molecular formula is C17H13NO2. The molecule has 0 saturated carbocycles. The molecule has 1 aromatic carbocycles. The number of carbonyl (C=O) groups excluding carboxylic acids is 1. The first-order chi connectivity index (χ1) is 9.83. The van der Waals surface area contributed by atoms with Gasteiger partial charge in [-0.3, -0.25) is 9.36 Å². The summed E-state index contributed by atoms with van der Waals surface area (Å²) in [6.45, 7) is 0. The number of carbonyl (C=O) groups is 1. The van der Waals surface area contributed by atoms with Crippen molar-refractivity contribution >= 4 is 18.1 Å². The fraction of sp³-hybridized carbons (Fsp3) is 0. The molecule has 98 valence electrons. The molecule has 0 bridgehead atoms. The van der Waals surface area contributed by atoms with Gasteiger partial charge in [0.05, 0.1) is 6.26 Å². The van der Waals surface area contributed by atoms with Crippen LogP contribution in [0.5, 0.6) is 0 Å². The van der Waals surface area contributed by atoms with Crippen LogP contribution in [0.2, 0.25) is 0 Å². The van der Waals surface area contributed by atoms with E-state index in [4.69, 9.17) is 4.42 Å². The van der Waals surface area contributed by atoms with Crippen LogP contribution in [0, 0.1) is 0 Å². The van der Waals surface area contributed by atoms with E-state index in [2.05, 4.69) is 0 Å². The third-order valence-electron chi connectivity index (χ3n) is 2.95. The molecule has 2 aromatic heterocycles. The fourth-order valence-electron chi connectivity index (χ4n) is 1.93. The number of hydrogen-bond donors (Lipinski definition) is 0. The van der Waals surface area contributed by atoms with E-state index < -0.39 is 0 Å². The molecule has 3 heteroatoms. The molecule has 0 spiro atoms. The number of furan rings is 1. The van der Waals surface area contributed by atoms with Crippen LogP contribution in [0.4, 0.5) is 0 Å². The standard InChI is InChI=1S/C17H13NO2/c19-17(15-5-2-1-3-6-15)18-11-10-14(13-18)8-9-16-7-4-12-20-16/h1-13H. The van der Waals surface area contributed by atoms with Crippen molar-refractivity contribution in [3.8, 4) is 0 Å². The van der Waals surface area contributed by atoms with Crippen molar-refractivity contribution < 1.29 is 9.21 Å². The number of benzene rings is 1. The highest BCUT2D eigenvalue weighted by Gasteiger charge is 2.06. The molecule has 20 heavy (non-hydrogen) atoms. The van der Waals surface area contributed by atoms with Gasteiger partial charge in [-0.05, 0) is 48.0 Å². The summed E-state index contributed by atoms with van der Waals surface area (Å²) >= 11 is 0. The number of nitrogens with zero attached hydrogens (tertiary/aromatic N) is 1. The number of hydrogen-bond acceptors (Lipinski definition) is 2. The second-order valence-corrected chi connectivity index (χ2v) is 4.37. The van der Waals surface area contributed by atoms with E-state index >= 15 is 0 Å². The van der Waals surface area contributed by atoms with Crippen molar-refractivity contribution in [2.24, 2.45) is 0 Å². The van der Waals surface area contributed by atoms with E-state index in [-0.39, 0.29) is 5.91 Å². The van der Waals surface area contributed by atoms with Gasteiger partial charge in [-0.2, -0.15) is 0 Å². The summed E-state index contributed by atoms with van der Waals surface area (Å²) in [6, 6.07) is 14.8. The van der Waals surface area contributed by atoms with Gasteiger partial charge in [0, 0.05) is 18.0 Å². The van der Waals surface area contributed by atoms with Gasteiger partial charge in [-0.1, -0.05) is 18.2 Å². The zero-order chi connectivity index (χ0) is 13.8. The summed E-state index contributed by atoms with van der Waals surface area (Å²) in [5.74, 6) is 0.746. The molecule has 3 aromatic rings. The normalized spacial score (nSPS) is 11.0. The Balaban J connectivity index is 1.79. The second-order valence-electron chi connectivity index (χ2n) is 4.37. The average Bonchev–Trinajstić information content (AvgIpc) is 3.17. The molecule has 2 heterocycles. The lowest BCUT2D eigenvalue weighted by atomic mass is 10.2. The average molecular weight is 263 g/mol. The maximum atomic E-state index is 12.2. The Hall–Kier alpha value is -2.81. The summed E-state index contributed by atoms with van der Waals surface area (Å²) in [5, 5.41) is 0. The number of aromatic nitrogens is 1. The van der Waals surface area contributed by atoms with Crippen molar-refractivity contribution in [2.45, 2.75) is 0 Å². The van der Waals surface area contributed by atoms with E-state index in [1.807, 2.05) is 48.6 Å². The van der Waals surface area contributed by atoms with Crippen molar-refractivity contribution in [1.82, 2.24) is 4.57 Å². The van der Waals surface area contributed by atoms with Crippen molar-refractivity contribution in [2.75, 3.05) is 0 Å². The van der Waals surface area contributed by atoms with E-state index in [1.54, 1.807) is 35.4 Å². The van der Waals surface area contributed by atoms with Crippen LogP contribution in [0.25, 0.3) is 12.2 Å². The first kappa shape index (κ1) is 12.2. The van der Waals surface area contributed by atoms with Crippen molar-refractivity contribution in [3.63, 3.8) is 0 Å². The summed E-state index contributed by atoms with van der Waals surface area (Å²) in [7, 11) is 0. The lowest BCUT2D eigenvalue weighted by molar-refractivity contribution is 0.0960. The molecule has 0 radical (unpaired) electrons. The predicted molar refractivity (Wildman–Crippen MR) is 78.2 cm³/mol. The van der Waals surface area contributed by atoms with Crippen molar-refractivity contribution in [1.29, 1.82) is 0 Å². The molecule has 0 fully saturated rings. The van der Waals surface area contributed by atoms with E-state index in [9.17, 15) is 4.79 Å². The monoisotopic (exact) mass is 263 g/mol. The molecule has 0 aliphatic heterocycles. The Morgan fingerprint density at radius 1 is 1.00 bits per heavy atom. The van der Waals surface area contributed by atoms with Crippen LogP contribution in [-0.2, 0) is 0 Å². The fourth-order valence-corrected chi connectivity index (χ4v) is 1.93. The maximum Gasteiger partial charge on any atom is 0.261 e. The minimum Gasteiger partial charge on any atom is -0.465 e. The van der Waals surface area contributed by atoms with Gasteiger partial charge in [-0.25, -0.2) is 0 Å². The number of rotatable bonds is 3. The molecule has 3 rings (SSSR count). The molecule has 0 aliphatic carbocycles. The Bertz CT molecular complexity index is 721. The molecular weight excluding hydrogens is 250 g/mol. The van der Waals surface area contributed by atoms with Crippen LogP contribution in [0.3, 0.4) is 0 Å². The van der Waals surface area contributed by atoms with E-state index in [0.29, 0.717) is 5.56 Å². The van der Waals surface area contributed by atoms with Crippen molar-refractivity contribution in [3.05, 3.63) is 84.1 Å². The van der Waals surface area contributed by atoms with E-state index in [1.165, 1.54) is 0 Å². The highest BCUT2D eigenvalue weighted by molar-refractivity contribution is 5.96. The predicted octanol–water partition coefficient (Wildman–Crippen LogP) is 3.94. The summed E-state index contributed by atoms with van der Waals surface area (Å²) in [5.41, 5.74) is 1.62. The lowest BCUT2D eigenvalue weighted by Crippen LogP contribution is -2.08. The maximum absolute atomic E-state index is 12.2. The van der Waals surface area contributed by atoms with Crippen LogP contribution < -0.4 is 0 Å². The molecule has 3 nitrogen and oxygen atoms in total. The van der Waals surface area contributed by atoms with Gasteiger partial charge < -0.3 is 4.42 Å². The smallest absolute Gasteiger partial charge is 0.261 e. The van der Waals surface area contributed by atoms with Crippen LogP contribution in [-0.4, -0.2) is 10.5 Å². The summed E-state index contributed by atoms with van der Waals surface area (Å²) in [4.78, 5) is 12.2. The second kappa shape index (κ2) is 5.45. The van der Waals surface area contributed by atoms with Crippen LogP contribution >= 0.6 is 0 Å². The minimum atomic E-state index is -0.0387. The largest absolute Gasteiger partial charge is 0.465 e. The molecule has 0 amide bonds. The summed E-state index contributed by atoms with van der Waals surface area (Å²) < 4.78 is 6.80. The first-order valence-electron chi connectivity index (χ1n) is 6.32. The van der Waals surface area contributed by atoms with Crippen LogP contribution in [0.15, 0.2) is 71.6 Å². The molecule has 0 atom stereocenters. The molecule has 0 aliphatic rings. The third kappa shape index (κ3) is 2.62. The first-order valence-corrected chi connectivity index (χ1v) is 6.32. The van der Waals surface area contributed by atoms with Gasteiger partial charge in [0.25, 0.3) is 5.91 Å². The van der Waals surface area contributed by atoms with Gasteiger partial charge in [-0.15, -0.1) is 0 Å². The molecule has 0 saturated heterocycles. The summed E-state index contributed by atoms with van der Waals surface area (Å²) in [6.07, 6.45) is 8.97. The highest BCUT2D eigenvalue weighted by Crippen LogP contribution is 2.11. The Morgan fingerprint density at radius 3 is 2.60 bits per heavy atom. The quantitative estimate of drug-likeness (QED) is 0.717. The molecule has 0 N–H and O–H groups in total. The third-order valence-corrected chi connectivity index (χ3v) is 2.95. The van der Waals surface area contributed by atoms with Gasteiger partial charge >= 0.3 is 0 Å². The lowest BCUT2D eigenvalue weighted by Gasteiger charge is -2.00. The van der Waals surface area contributed by atoms with Gasteiger partial charge in [0.1, 0.15) is 5.76 Å². The molecule has 0 unspecified atom stereocenters. The highest BCUT2D eigenvalue weighted by atomic mass is 16.3. The Labute approximate surface area is 116 Å².